The van der Waals surface area contributed by atoms with E-state index in [1.165, 1.54) is 94.2 Å². The fraction of sp³-hybridized carbons (Fsp3) is 0.163. The minimum absolute atomic E-state index is 0.120. The molecule has 2 heteroatoms. The first-order chi connectivity index (χ1) is 24.9. The number of allylic oxidation sites excluding steroid dienone is 1. The maximum absolute atomic E-state index is 4.74. The molecule has 0 unspecified atom stereocenters. The van der Waals surface area contributed by atoms with Crippen molar-refractivity contribution in [2.45, 2.75) is 51.4 Å². The Morgan fingerprint density at radius 3 is 2.12 bits per heavy atom. The van der Waals surface area contributed by atoms with Crippen LogP contribution in [-0.4, -0.2) is 4.57 Å². The van der Waals surface area contributed by atoms with E-state index in [9.17, 15) is 0 Å². The van der Waals surface area contributed by atoms with Crippen LogP contribution in [-0.2, 0) is 10.8 Å². The molecule has 2 aliphatic heterocycles. The van der Waals surface area contributed by atoms with Crippen LogP contribution in [0.1, 0.15) is 57.2 Å². The molecular formula is C49H41N2+. The van der Waals surface area contributed by atoms with Crippen molar-refractivity contribution in [2.24, 2.45) is 0 Å². The Balaban J connectivity index is 1.26. The van der Waals surface area contributed by atoms with Crippen LogP contribution in [0.3, 0.4) is 0 Å². The zero-order valence-corrected chi connectivity index (χ0v) is 29.8. The number of pyridine rings is 1. The van der Waals surface area contributed by atoms with Crippen molar-refractivity contribution in [2.75, 3.05) is 0 Å². The lowest BCUT2D eigenvalue weighted by atomic mass is 9.68. The fourth-order valence-electron chi connectivity index (χ4n) is 9.67. The highest BCUT2D eigenvalue weighted by molar-refractivity contribution is 6.14. The number of fused-ring (bicyclic) bond motifs is 10. The molecular weight excluding hydrogens is 617 g/mol. The largest absolute Gasteiger partial charge is 0.309 e. The molecule has 0 saturated carbocycles. The van der Waals surface area contributed by atoms with Gasteiger partial charge in [-0.05, 0) is 106 Å². The molecule has 0 spiro atoms. The average Bonchev–Trinajstić information content (AvgIpc) is 3.51. The Morgan fingerprint density at radius 2 is 1.29 bits per heavy atom. The van der Waals surface area contributed by atoms with Crippen LogP contribution in [0.15, 0.2) is 146 Å². The molecule has 2 aliphatic rings. The van der Waals surface area contributed by atoms with Crippen LogP contribution in [0.4, 0.5) is 0 Å². The van der Waals surface area contributed by atoms with Gasteiger partial charge in [-0.15, -0.1) is 0 Å². The van der Waals surface area contributed by atoms with Crippen LogP contribution in [0, 0.1) is 0 Å². The van der Waals surface area contributed by atoms with E-state index >= 15 is 0 Å². The third-order valence-corrected chi connectivity index (χ3v) is 12.5. The minimum atomic E-state index is -0.145. The van der Waals surface area contributed by atoms with Crippen molar-refractivity contribution in [3.05, 3.63) is 163 Å². The maximum Gasteiger partial charge on any atom is 0.226 e. The van der Waals surface area contributed by atoms with Crippen LogP contribution in [0.5, 0.6) is 0 Å². The zero-order valence-electron chi connectivity index (χ0n) is 29.8. The third kappa shape index (κ3) is 3.96. The van der Waals surface area contributed by atoms with Gasteiger partial charge in [0.25, 0.3) is 0 Å². The molecule has 0 radical (unpaired) electrons. The van der Waals surface area contributed by atoms with E-state index in [2.05, 4.69) is 176 Å². The summed E-state index contributed by atoms with van der Waals surface area (Å²) in [4.78, 5) is 0. The highest BCUT2D eigenvalue weighted by atomic mass is 15.0. The normalized spacial score (nSPS) is 15.2. The topological polar surface area (TPSA) is 8.81 Å². The van der Waals surface area contributed by atoms with E-state index in [0.29, 0.717) is 0 Å². The Bertz CT molecular complexity index is 2750. The molecule has 2 aromatic heterocycles. The lowest BCUT2D eigenvalue weighted by Crippen LogP contribution is -2.48. The van der Waals surface area contributed by atoms with Crippen LogP contribution in [0.25, 0.3) is 77.5 Å². The van der Waals surface area contributed by atoms with Gasteiger partial charge in [-0.1, -0.05) is 113 Å². The first-order valence-corrected chi connectivity index (χ1v) is 18.4. The summed E-state index contributed by atoms with van der Waals surface area (Å²) in [6.07, 6.45) is 4.24. The van der Waals surface area contributed by atoms with Crippen LogP contribution < -0.4 is 4.57 Å². The van der Waals surface area contributed by atoms with E-state index in [1.54, 1.807) is 0 Å². The average molecular weight is 658 g/mol. The van der Waals surface area contributed by atoms with Gasteiger partial charge in [0, 0.05) is 22.3 Å². The molecule has 8 aromatic rings. The van der Waals surface area contributed by atoms with Gasteiger partial charge in [-0.3, -0.25) is 0 Å². The van der Waals surface area contributed by atoms with Gasteiger partial charge in [-0.25, -0.2) is 0 Å². The lowest BCUT2D eigenvalue weighted by molar-refractivity contribution is -0.576. The third-order valence-electron chi connectivity index (χ3n) is 12.5. The molecule has 0 fully saturated rings. The number of rotatable bonds is 4. The highest BCUT2D eigenvalue weighted by Crippen LogP contribution is 2.51. The second-order valence-electron chi connectivity index (χ2n) is 15.1. The maximum atomic E-state index is 4.74. The van der Waals surface area contributed by atoms with Gasteiger partial charge in [0.05, 0.1) is 33.1 Å². The number of hydrogen-bond donors (Lipinski definition) is 0. The molecule has 0 saturated heterocycles. The standard InChI is InChI=1S/C49H41N2/c1-6-49(7-2)31(3)50-26-25-33-17-11-12-18-37(33)46(50)40-28-34(21-23-41(40)49)35-22-24-44-38(27-35)39-29-36(32-15-9-8-10-16-32)30-43-47(39)51(44)45-20-14-13-19-42(45)48(43,4)5/h8-30H,3,6-7H2,1-2,4-5H3/q+1. The summed E-state index contributed by atoms with van der Waals surface area (Å²) in [6, 6.07) is 50.0. The molecule has 0 amide bonds. The Morgan fingerprint density at radius 1 is 0.588 bits per heavy atom. The van der Waals surface area contributed by atoms with E-state index in [-0.39, 0.29) is 10.8 Å². The molecule has 6 aromatic carbocycles. The lowest BCUT2D eigenvalue weighted by Gasteiger charge is -2.36. The zero-order chi connectivity index (χ0) is 34.6. The monoisotopic (exact) mass is 657 g/mol. The summed E-state index contributed by atoms with van der Waals surface area (Å²) < 4.78 is 4.90. The summed E-state index contributed by atoms with van der Waals surface area (Å²) in [7, 11) is 0. The first-order valence-electron chi connectivity index (χ1n) is 18.4. The van der Waals surface area contributed by atoms with Gasteiger partial charge in [-0.2, -0.15) is 4.57 Å². The number of para-hydroxylation sites is 1. The van der Waals surface area contributed by atoms with E-state index < -0.39 is 0 Å². The summed E-state index contributed by atoms with van der Waals surface area (Å²) in [5.41, 5.74) is 16.4. The van der Waals surface area contributed by atoms with Gasteiger partial charge < -0.3 is 4.57 Å². The molecule has 0 atom stereocenters. The Hall–Kier alpha value is -5.73. The number of hydrogen-bond acceptors (Lipinski definition) is 0. The van der Waals surface area contributed by atoms with Gasteiger partial charge in [0.1, 0.15) is 0 Å². The summed E-state index contributed by atoms with van der Waals surface area (Å²) in [5.74, 6) is 0. The smallest absolute Gasteiger partial charge is 0.226 e. The molecule has 246 valence electrons. The predicted molar refractivity (Wildman–Crippen MR) is 215 cm³/mol. The van der Waals surface area contributed by atoms with Crippen molar-refractivity contribution >= 4 is 38.3 Å². The van der Waals surface area contributed by atoms with Crippen molar-refractivity contribution in [3.8, 4) is 39.2 Å². The molecule has 0 N–H and O–H groups in total. The molecule has 0 bridgehead atoms. The van der Waals surface area contributed by atoms with E-state index in [0.717, 1.165) is 12.8 Å². The number of nitrogens with zero attached hydrogens (tertiary/aromatic N) is 2. The Kier molecular flexibility index (Phi) is 6.28. The van der Waals surface area contributed by atoms with Crippen molar-refractivity contribution < 1.29 is 4.57 Å². The van der Waals surface area contributed by atoms with Gasteiger partial charge in [0.15, 0.2) is 11.9 Å². The second kappa shape index (κ2) is 10.6. The number of aromatic nitrogens is 2. The summed E-state index contributed by atoms with van der Waals surface area (Å²) >= 11 is 0. The van der Waals surface area contributed by atoms with Crippen molar-refractivity contribution in [1.29, 1.82) is 0 Å². The van der Waals surface area contributed by atoms with Crippen molar-refractivity contribution in [1.82, 2.24) is 4.57 Å². The van der Waals surface area contributed by atoms with Gasteiger partial charge in [0.2, 0.25) is 5.69 Å². The summed E-state index contributed by atoms with van der Waals surface area (Å²) in [6.45, 7) is 14.1. The fourth-order valence-corrected chi connectivity index (χ4v) is 9.67. The molecule has 2 nitrogen and oxygen atoms in total. The highest BCUT2D eigenvalue weighted by Gasteiger charge is 2.46. The second-order valence-corrected chi connectivity index (χ2v) is 15.1. The number of benzene rings is 6. The van der Waals surface area contributed by atoms with E-state index in [4.69, 9.17) is 6.58 Å². The Labute approximate surface area is 300 Å². The molecule has 10 rings (SSSR count). The molecule has 0 aliphatic carbocycles. The van der Waals surface area contributed by atoms with Gasteiger partial charge >= 0.3 is 0 Å². The predicted octanol–water partition coefficient (Wildman–Crippen LogP) is 12.4. The van der Waals surface area contributed by atoms with E-state index in [1.807, 2.05) is 0 Å². The molecule has 51 heavy (non-hydrogen) atoms. The van der Waals surface area contributed by atoms with Crippen molar-refractivity contribution in [3.63, 3.8) is 0 Å². The summed E-state index contributed by atoms with van der Waals surface area (Å²) in [5, 5.41) is 5.11. The van der Waals surface area contributed by atoms with Crippen LogP contribution >= 0.6 is 0 Å². The quantitative estimate of drug-likeness (QED) is 0.167. The SMILES string of the molecule is C=C1[n+]2ccc3ccccc3c2-c2cc(-c3ccc4c(c3)c3cc(-c5ccccc5)cc5c3n4-c3ccccc3C5(C)C)ccc2C1(CC)CC. The molecule has 4 heterocycles. The van der Waals surface area contributed by atoms with Crippen LogP contribution in [0.2, 0.25) is 0 Å². The minimum Gasteiger partial charge on any atom is -0.309 e. The first kappa shape index (κ1) is 30.1.